The van der Waals surface area contributed by atoms with E-state index >= 15 is 0 Å². The van der Waals surface area contributed by atoms with Gasteiger partial charge < -0.3 is 5.32 Å². The number of aryl methyl sites for hydroxylation is 2. The van der Waals surface area contributed by atoms with Gasteiger partial charge in [-0.1, -0.05) is 29.5 Å². The molecular weight excluding hydrogens is 358 g/mol. The topological polar surface area (TPSA) is 72.7 Å². The number of amides is 1. The lowest BCUT2D eigenvalue weighted by atomic mass is 10.1. The van der Waals surface area contributed by atoms with Crippen LogP contribution in [0.1, 0.15) is 25.0 Å². The zero-order chi connectivity index (χ0) is 19.4. The third kappa shape index (κ3) is 4.54. The Hall–Kier alpha value is -2.67. The van der Waals surface area contributed by atoms with Gasteiger partial charge in [0.2, 0.25) is 5.91 Å². The maximum Gasteiger partial charge on any atom is 0.230 e. The van der Waals surface area contributed by atoms with E-state index < -0.39 is 0 Å². The minimum absolute atomic E-state index is 0.0203. The second-order valence-corrected chi connectivity index (χ2v) is 7.63. The van der Waals surface area contributed by atoms with Crippen molar-refractivity contribution in [3.63, 3.8) is 0 Å². The van der Waals surface area contributed by atoms with Crippen molar-refractivity contribution in [1.82, 2.24) is 25.1 Å². The second-order valence-electron chi connectivity index (χ2n) is 6.68. The van der Waals surface area contributed by atoms with Crippen LogP contribution in [-0.4, -0.2) is 37.5 Å². The molecule has 3 rings (SSSR count). The molecule has 140 valence electrons. The zero-order valence-corrected chi connectivity index (χ0v) is 16.7. The highest BCUT2D eigenvalue weighted by Crippen LogP contribution is 2.29. The highest BCUT2D eigenvalue weighted by Gasteiger charge is 2.18. The van der Waals surface area contributed by atoms with Gasteiger partial charge in [0.1, 0.15) is 0 Å². The summed E-state index contributed by atoms with van der Waals surface area (Å²) in [7, 11) is 0. The summed E-state index contributed by atoms with van der Waals surface area (Å²) >= 11 is 1.38. The summed E-state index contributed by atoms with van der Waals surface area (Å²) in [6.45, 7) is 8.02. The van der Waals surface area contributed by atoms with Gasteiger partial charge in [0.15, 0.2) is 11.0 Å². The van der Waals surface area contributed by atoms with E-state index in [9.17, 15) is 4.79 Å². The van der Waals surface area contributed by atoms with Crippen LogP contribution in [-0.2, 0) is 4.79 Å². The third-order valence-electron chi connectivity index (χ3n) is 3.93. The number of nitrogens with one attached hydrogen (secondary N) is 1. The minimum Gasteiger partial charge on any atom is -0.353 e. The molecular formula is C20H23N5OS. The SMILES string of the molecule is Cc1ccc(-n2c(SCC(=O)NC(C)C)nnc2-c2cccnc2)c(C)c1. The largest absolute Gasteiger partial charge is 0.353 e. The predicted molar refractivity (Wildman–Crippen MR) is 108 cm³/mol. The first-order valence-electron chi connectivity index (χ1n) is 8.81. The molecule has 6 nitrogen and oxygen atoms in total. The average molecular weight is 382 g/mol. The van der Waals surface area contributed by atoms with E-state index in [0.717, 1.165) is 16.8 Å². The van der Waals surface area contributed by atoms with Crippen LogP contribution in [0, 0.1) is 13.8 Å². The van der Waals surface area contributed by atoms with Gasteiger partial charge in [-0.25, -0.2) is 0 Å². The number of pyridine rings is 1. The molecule has 0 saturated carbocycles. The Bertz CT molecular complexity index is 937. The Morgan fingerprint density at radius 3 is 2.70 bits per heavy atom. The molecule has 0 saturated heterocycles. The van der Waals surface area contributed by atoms with Crippen LogP contribution in [0.3, 0.4) is 0 Å². The number of rotatable bonds is 6. The lowest BCUT2D eigenvalue weighted by Crippen LogP contribution is -2.31. The molecule has 0 radical (unpaired) electrons. The molecule has 0 atom stereocenters. The smallest absolute Gasteiger partial charge is 0.230 e. The molecule has 0 spiro atoms. The van der Waals surface area contributed by atoms with Crippen molar-refractivity contribution in [3.8, 4) is 17.1 Å². The van der Waals surface area contributed by atoms with Crippen molar-refractivity contribution in [2.45, 2.75) is 38.9 Å². The predicted octanol–water partition coefficient (Wildman–Crippen LogP) is 3.56. The molecule has 3 aromatic rings. The lowest BCUT2D eigenvalue weighted by molar-refractivity contribution is -0.119. The molecule has 1 N–H and O–H groups in total. The second kappa shape index (κ2) is 8.35. The highest BCUT2D eigenvalue weighted by molar-refractivity contribution is 7.99. The van der Waals surface area contributed by atoms with Crippen LogP contribution in [0.4, 0.5) is 0 Å². The number of aromatic nitrogens is 4. The molecule has 7 heteroatoms. The first kappa shape index (κ1) is 19.1. The van der Waals surface area contributed by atoms with E-state index in [4.69, 9.17) is 0 Å². The molecule has 1 aromatic carbocycles. The van der Waals surface area contributed by atoms with Crippen LogP contribution in [0.25, 0.3) is 17.1 Å². The van der Waals surface area contributed by atoms with Gasteiger partial charge in [-0.2, -0.15) is 0 Å². The summed E-state index contributed by atoms with van der Waals surface area (Å²) in [4.78, 5) is 16.3. The van der Waals surface area contributed by atoms with Gasteiger partial charge in [-0.3, -0.25) is 14.3 Å². The summed E-state index contributed by atoms with van der Waals surface area (Å²) in [5.41, 5.74) is 4.19. The van der Waals surface area contributed by atoms with E-state index in [2.05, 4.69) is 52.5 Å². The van der Waals surface area contributed by atoms with E-state index in [0.29, 0.717) is 11.0 Å². The summed E-state index contributed by atoms with van der Waals surface area (Å²) in [5.74, 6) is 0.976. The van der Waals surface area contributed by atoms with Crippen LogP contribution in [0.15, 0.2) is 47.9 Å². The summed E-state index contributed by atoms with van der Waals surface area (Å²) < 4.78 is 2.00. The monoisotopic (exact) mass is 381 g/mol. The molecule has 0 unspecified atom stereocenters. The van der Waals surface area contributed by atoms with Crippen molar-refractivity contribution in [2.75, 3.05) is 5.75 Å². The van der Waals surface area contributed by atoms with Crippen LogP contribution >= 0.6 is 11.8 Å². The Morgan fingerprint density at radius 1 is 1.22 bits per heavy atom. The van der Waals surface area contributed by atoms with Crippen LogP contribution in [0.2, 0.25) is 0 Å². The molecule has 2 aromatic heterocycles. The van der Waals surface area contributed by atoms with Crippen LogP contribution < -0.4 is 5.32 Å². The maximum absolute atomic E-state index is 12.1. The van der Waals surface area contributed by atoms with Crippen molar-refractivity contribution >= 4 is 17.7 Å². The average Bonchev–Trinajstić information content (AvgIpc) is 3.04. The van der Waals surface area contributed by atoms with Gasteiger partial charge >= 0.3 is 0 Å². The Balaban J connectivity index is 2.01. The first-order valence-corrected chi connectivity index (χ1v) is 9.80. The number of thioether (sulfide) groups is 1. The normalized spacial score (nSPS) is 11.0. The summed E-state index contributed by atoms with van der Waals surface area (Å²) in [6, 6.07) is 10.2. The summed E-state index contributed by atoms with van der Waals surface area (Å²) in [5, 5.41) is 12.3. The Morgan fingerprint density at radius 2 is 2.04 bits per heavy atom. The molecule has 0 aliphatic rings. The fourth-order valence-electron chi connectivity index (χ4n) is 2.81. The van der Waals surface area contributed by atoms with Crippen molar-refractivity contribution in [1.29, 1.82) is 0 Å². The first-order chi connectivity index (χ1) is 13.0. The van der Waals surface area contributed by atoms with Gasteiger partial charge in [0.05, 0.1) is 11.4 Å². The van der Waals surface area contributed by atoms with Gasteiger partial charge in [0.25, 0.3) is 0 Å². The number of carbonyl (C=O) groups is 1. The molecule has 1 amide bonds. The summed E-state index contributed by atoms with van der Waals surface area (Å²) in [6.07, 6.45) is 3.50. The number of nitrogens with zero attached hydrogens (tertiary/aromatic N) is 4. The van der Waals surface area contributed by atoms with Gasteiger partial charge in [-0.05, 0) is 51.5 Å². The fraction of sp³-hybridized carbons (Fsp3) is 0.300. The Labute approximate surface area is 163 Å². The van der Waals surface area contributed by atoms with Gasteiger partial charge in [-0.15, -0.1) is 10.2 Å². The number of hydrogen-bond acceptors (Lipinski definition) is 5. The van der Waals surface area contributed by atoms with E-state index in [1.807, 2.05) is 30.5 Å². The number of benzene rings is 1. The van der Waals surface area contributed by atoms with Crippen molar-refractivity contribution in [3.05, 3.63) is 53.9 Å². The van der Waals surface area contributed by atoms with Crippen LogP contribution in [0.5, 0.6) is 0 Å². The maximum atomic E-state index is 12.1. The fourth-order valence-corrected chi connectivity index (χ4v) is 3.57. The standard InChI is InChI=1S/C20H23N5OS/c1-13(2)22-18(26)12-27-20-24-23-19(16-6-5-9-21-11-16)25(20)17-8-7-14(3)10-15(17)4/h5-11,13H,12H2,1-4H3,(H,22,26). The minimum atomic E-state index is -0.0203. The molecule has 0 bridgehead atoms. The molecule has 27 heavy (non-hydrogen) atoms. The highest BCUT2D eigenvalue weighted by atomic mass is 32.2. The number of carbonyl (C=O) groups excluding carboxylic acids is 1. The molecule has 2 heterocycles. The Kier molecular flexibility index (Phi) is 5.91. The third-order valence-corrected chi connectivity index (χ3v) is 4.86. The quantitative estimate of drug-likeness (QED) is 0.661. The zero-order valence-electron chi connectivity index (χ0n) is 15.9. The molecule has 0 aliphatic carbocycles. The van der Waals surface area contributed by atoms with E-state index in [-0.39, 0.29) is 17.7 Å². The van der Waals surface area contributed by atoms with E-state index in [1.165, 1.54) is 17.3 Å². The van der Waals surface area contributed by atoms with Crippen molar-refractivity contribution in [2.24, 2.45) is 0 Å². The number of hydrogen-bond donors (Lipinski definition) is 1. The lowest BCUT2D eigenvalue weighted by Gasteiger charge is -2.14. The molecule has 0 fully saturated rings. The van der Waals surface area contributed by atoms with Crippen molar-refractivity contribution < 1.29 is 4.79 Å². The van der Waals surface area contributed by atoms with Gasteiger partial charge in [0, 0.05) is 24.0 Å². The van der Waals surface area contributed by atoms with E-state index in [1.54, 1.807) is 12.4 Å². The molecule has 0 aliphatic heterocycles.